The van der Waals surface area contributed by atoms with Crippen molar-refractivity contribution in [1.29, 1.82) is 0 Å². The normalized spacial score (nSPS) is 19.7. The lowest BCUT2D eigenvalue weighted by atomic mass is 9.95. The fourth-order valence-electron chi connectivity index (χ4n) is 3.25. The highest BCUT2D eigenvalue weighted by Gasteiger charge is 2.35. The second-order valence-electron chi connectivity index (χ2n) is 7.19. The van der Waals surface area contributed by atoms with E-state index in [2.05, 4.69) is 41.8 Å². The molecule has 0 saturated carbocycles. The highest BCUT2D eigenvalue weighted by molar-refractivity contribution is 14.1. The van der Waals surface area contributed by atoms with Gasteiger partial charge in [0.1, 0.15) is 0 Å². The molecular formula is C21H36INO3. The molecule has 0 saturated heterocycles. The summed E-state index contributed by atoms with van der Waals surface area (Å²) in [5.74, 6) is 0.403. The van der Waals surface area contributed by atoms with E-state index in [1.165, 1.54) is 25.7 Å². The lowest BCUT2D eigenvalue weighted by Crippen LogP contribution is -2.25. The van der Waals surface area contributed by atoms with Gasteiger partial charge in [0, 0.05) is 23.2 Å². The highest BCUT2D eigenvalue weighted by atomic mass is 127. The number of carbonyl (C=O) groups excluding carboxylic acids is 2. The number of allylic oxidation sites excluding steroid dienone is 1. The highest BCUT2D eigenvalue weighted by Crippen LogP contribution is 2.33. The van der Waals surface area contributed by atoms with Crippen LogP contribution in [-0.4, -0.2) is 30.9 Å². The zero-order chi connectivity index (χ0) is 19.2. The van der Waals surface area contributed by atoms with Crippen molar-refractivity contribution >= 4 is 34.3 Å². The third-order valence-electron chi connectivity index (χ3n) is 4.82. The number of carbonyl (C=O) groups is 2. The molecule has 2 atom stereocenters. The fourth-order valence-corrected chi connectivity index (χ4v) is 4.17. The summed E-state index contributed by atoms with van der Waals surface area (Å²) in [6.07, 6.45) is 13.2. The largest absolute Gasteiger partial charge is 0.372 e. The molecule has 0 unspecified atom stereocenters. The average molecular weight is 477 g/mol. The molecule has 1 amide bonds. The number of amides is 1. The fraction of sp³-hybridized carbons (Fsp3) is 0.810. The second kappa shape index (κ2) is 14.6. The Bertz CT molecular complexity index is 451. The molecule has 150 valence electrons. The van der Waals surface area contributed by atoms with E-state index in [-0.39, 0.29) is 23.7 Å². The van der Waals surface area contributed by atoms with E-state index >= 15 is 0 Å². The van der Waals surface area contributed by atoms with Gasteiger partial charge in [0.25, 0.3) is 0 Å². The summed E-state index contributed by atoms with van der Waals surface area (Å²) in [7, 11) is 0. The van der Waals surface area contributed by atoms with Gasteiger partial charge >= 0.3 is 0 Å². The van der Waals surface area contributed by atoms with Crippen molar-refractivity contribution in [2.75, 3.05) is 13.2 Å². The van der Waals surface area contributed by atoms with Crippen LogP contribution in [0.2, 0.25) is 0 Å². The van der Waals surface area contributed by atoms with E-state index in [9.17, 15) is 9.59 Å². The molecule has 0 aromatic heterocycles. The molecule has 5 heteroatoms. The summed E-state index contributed by atoms with van der Waals surface area (Å²) in [5.41, 5.74) is 0. The summed E-state index contributed by atoms with van der Waals surface area (Å²) in [6.45, 7) is 5.71. The quantitative estimate of drug-likeness (QED) is 0.256. The minimum Gasteiger partial charge on any atom is -0.372 e. The van der Waals surface area contributed by atoms with Crippen LogP contribution in [0, 0.1) is 5.92 Å². The van der Waals surface area contributed by atoms with Crippen LogP contribution in [0.3, 0.4) is 0 Å². The molecule has 26 heavy (non-hydrogen) atoms. The minimum absolute atomic E-state index is 0.0170. The van der Waals surface area contributed by atoms with Gasteiger partial charge in [-0.15, -0.1) is 0 Å². The number of ether oxygens (including phenoxy) is 1. The van der Waals surface area contributed by atoms with Gasteiger partial charge in [0.05, 0.1) is 12.0 Å². The molecule has 1 aliphatic carbocycles. The third-order valence-corrected chi connectivity index (χ3v) is 5.74. The third kappa shape index (κ3) is 9.49. The number of hydrogen-bond donors (Lipinski definition) is 1. The molecule has 4 nitrogen and oxygen atoms in total. The average Bonchev–Trinajstić information content (AvgIpc) is 2.89. The van der Waals surface area contributed by atoms with Crippen LogP contribution in [0.25, 0.3) is 0 Å². The van der Waals surface area contributed by atoms with Crippen LogP contribution in [0.5, 0.6) is 0 Å². The van der Waals surface area contributed by atoms with Crippen molar-refractivity contribution in [3.63, 3.8) is 0 Å². The molecule has 1 aliphatic rings. The van der Waals surface area contributed by atoms with Crippen LogP contribution in [0.4, 0.5) is 0 Å². The molecular weight excluding hydrogens is 441 g/mol. The summed E-state index contributed by atoms with van der Waals surface area (Å²) in [5, 5.41) is 2.90. The lowest BCUT2D eigenvalue weighted by molar-refractivity contribution is -0.122. The van der Waals surface area contributed by atoms with Crippen LogP contribution >= 0.6 is 22.6 Å². The van der Waals surface area contributed by atoms with E-state index in [0.29, 0.717) is 13.0 Å². The maximum absolute atomic E-state index is 12.2. The van der Waals surface area contributed by atoms with Crippen LogP contribution in [-0.2, 0) is 14.3 Å². The van der Waals surface area contributed by atoms with Gasteiger partial charge in [-0.2, -0.15) is 0 Å². The number of nitrogens with one attached hydrogen (secondary N) is 1. The second-order valence-corrected chi connectivity index (χ2v) is 8.44. The number of ketones is 1. The molecule has 0 aromatic carbocycles. The van der Waals surface area contributed by atoms with Gasteiger partial charge < -0.3 is 10.1 Å². The van der Waals surface area contributed by atoms with Crippen LogP contribution < -0.4 is 5.32 Å². The van der Waals surface area contributed by atoms with E-state index in [1.54, 1.807) is 6.08 Å². The summed E-state index contributed by atoms with van der Waals surface area (Å²) in [6, 6.07) is 0. The Labute approximate surface area is 173 Å². The molecule has 0 heterocycles. The zero-order valence-electron chi connectivity index (χ0n) is 16.5. The monoisotopic (exact) mass is 477 g/mol. The molecule has 0 fully saturated rings. The molecule has 0 bridgehead atoms. The zero-order valence-corrected chi connectivity index (χ0v) is 18.7. The summed E-state index contributed by atoms with van der Waals surface area (Å²) in [4.78, 5) is 23.7. The summed E-state index contributed by atoms with van der Waals surface area (Å²) >= 11 is 2.25. The van der Waals surface area contributed by atoms with Crippen molar-refractivity contribution in [3.05, 3.63) is 9.66 Å². The van der Waals surface area contributed by atoms with Gasteiger partial charge in [-0.25, -0.2) is 0 Å². The number of hydrogen-bond acceptors (Lipinski definition) is 3. The topological polar surface area (TPSA) is 55.4 Å². The van der Waals surface area contributed by atoms with E-state index in [4.69, 9.17) is 4.74 Å². The standard InChI is InChI=1S/C21H36INO3/c1-3-5-6-7-9-12-17-19(24)16-18(22)21(17)26-15-11-8-10-13-20(25)23-14-4-2/h16-17,21H,3-15H2,1-2H3,(H,23,25)/t17-,21-/m0/s1. The molecule has 0 aliphatic heterocycles. The predicted octanol–water partition coefficient (Wildman–Crippen LogP) is 5.34. The Morgan fingerprint density at radius 3 is 2.54 bits per heavy atom. The number of rotatable bonds is 15. The maximum atomic E-state index is 12.2. The van der Waals surface area contributed by atoms with Crippen molar-refractivity contribution in [1.82, 2.24) is 5.32 Å². The predicted molar refractivity (Wildman–Crippen MR) is 115 cm³/mol. The van der Waals surface area contributed by atoms with Gasteiger partial charge in [0.2, 0.25) is 5.91 Å². The molecule has 0 aromatic rings. The van der Waals surface area contributed by atoms with E-state index in [1.807, 2.05) is 0 Å². The maximum Gasteiger partial charge on any atom is 0.219 e. The van der Waals surface area contributed by atoms with Crippen LogP contribution in [0.15, 0.2) is 9.66 Å². The first-order valence-corrected chi connectivity index (χ1v) is 11.5. The first kappa shape index (κ1) is 23.6. The minimum atomic E-state index is -0.0397. The molecule has 1 rings (SSSR count). The van der Waals surface area contributed by atoms with Crippen molar-refractivity contribution in [2.45, 2.75) is 90.6 Å². The van der Waals surface area contributed by atoms with Crippen molar-refractivity contribution in [3.8, 4) is 0 Å². The Hall–Kier alpha value is -0.430. The Morgan fingerprint density at radius 1 is 1.08 bits per heavy atom. The first-order chi connectivity index (χ1) is 12.6. The SMILES string of the molecule is CCCCCCC[C@H]1C(=O)C=C(I)[C@H]1OCCCCCC(=O)NCCC. The van der Waals surface area contributed by atoms with Crippen molar-refractivity contribution < 1.29 is 14.3 Å². The first-order valence-electron chi connectivity index (χ1n) is 10.4. The Kier molecular flexibility index (Phi) is 13.3. The Balaban J connectivity index is 2.19. The van der Waals surface area contributed by atoms with Gasteiger partial charge in [-0.05, 0) is 54.4 Å². The number of unbranched alkanes of at least 4 members (excludes halogenated alkanes) is 6. The number of halogens is 1. The lowest BCUT2D eigenvalue weighted by Gasteiger charge is -2.20. The molecule has 0 radical (unpaired) electrons. The van der Waals surface area contributed by atoms with E-state index < -0.39 is 0 Å². The molecule has 1 N–H and O–H groups in total. The van der Waals surface area contributed by atoms with Gasteiger partial charge in [-0.3, -0.25) is 9.59 Å². The van der Waals surface area contributed by atoms with Gasteiger partial charge in [-0.1, -0.05) is 52.4 Å². The van der Waals surface area contributed by atoms with Gasteiger partial charge in [0.15, 0.2) is 5.78 Å². The smallest absolute Gasteiger partial charge is 0.219 e. The molecule has 0 spiro atoms. The Morgan fingerprint density at radius 2 is 1.81 bits per heavy atom. The van der Waals surface area contributed by atoms with Crippen LogP contribution in [0.1, 0.15) is 84.5 Å². The van der Waals surface area contributed by atoms with E-state index in [0.717, 1.165) is 48.6 Å². The van der Waals surface area contributed by atoms with Crippen molar-refractivity contribution in [2.24, 2.45) is 5.92 Å². The summed E-state index contributed by atoms with van der Waals surface area (Å²) < 4.78 is 7.10.